The molecule has 0 radical (unpaired) electrons. The molecule has 0 aliphatic rings. The lowest BCUT2D eigenvalue weighted by atomic mass is 9.99. The third-order valence-corrected chi connectivity index (χ3v) is 13.0. The summed E-state index contributed by atoms with van der Waals surface area (Å²) >= 11 is 0. The number of benzene rings is 9. The van der Waals surface area contributed by atoms with Gasteiger partial charge in [0.1, 0.15) is 0 Å². The summed E-state index contributed by atoms with van der Waals surface area (Å²) in [4.78, 5) is 9.84. The molecule has 4 nitrogen and oxygen atoms in total. The van der Waals surface area contributed by atoms with Crippen LogP contribution in [-0.2, 0) is 0 Å². The van der Waals surface area contributed by atoms with Gasteiger partial charge in [-0.1, -0.05) is 133 Å². The Morgan fingerprint density at radius 2 is 0.625 bits per heavy atom. The zero-order valence-electron chi connectivity index (χ0n) is 34.7. The van der Waals surface area contributed by atoms with Crippen LogP contribution >= 0.6 is 0 Å². The molecule has 0 aliphatic carbocycles. The Morgan fingerprint density at radius 1 is 0.250 bits per heavy atom. The standard InChI is InChI=1S/C60H38N4/c1-3-15-49(16-4-1)63-57-35-47(55-33-45(27-29-61-55)43-21-19-39-11-7-9-13-41(39)31-43)23-25-51(57)53-38-60-54(37-59(53)63)52-26-24-48(36-58(52)64(60)50-17-5-2-6-18-50)56-34-46(28-30-62-56)44-22-20-40-12-8-10-14-42(40)32-44/h1-38H. The topological polar surface area (TPSA) is 35.6 Å². The van der Waals surface area contributed by atoms with Gasteiger partial charge in [-0.15, -0.1) is 0 Å². The maximum atomic E-state index is 4.92. The maximum Gasteiger partial charge on any atom is 0.0708 e. The molecule has 4 heterocycles. The molecule has 0 atom stereocenters. The van der Waals surface area contributed by atoms with E-state index in [-0.39, 0.29) is 0 Å². The Kier molecular flexibility index (Phi) is 8.18. The molecule has 0 spiro atoms. The van der Waals surface area contributed by atoms with Crippen LogP contribution in [0.2, 0.25) is 0 Å². The largest absolute Gasteiger partial charge is 0.309 e. The smallest absolute Gasteiger partial charge is 0.0708 e. The quantitative estimate of drug-likeness (QED) is 0.168. The summed E-state index contributed by atoms with van der Waals surface area (Å²) in [6.07, 6.45) is 3.86. The average molecular weight is 815 g/mol. The number of aromatic nitrogens is 4. The molecule has 0 bridgehead atoms. The third kappa shape index (κ3) is 5.92. The number of pyridine rings is 2. The highest BCUT2D eigenvalue weighted by Gasteiger charge is 2.20. The lowest BCUT2D eigenvalue weighted by molar-refractivity contribution is 1.17. The fourth-order valence-electron chi connectivity index (χ4n) is 9.83. The molecule has 0 saturated carbocycles. The second-order valence-electron chi connectivity index (χ2n) is 16.7. The molecule has 13 rings (SSSR count). The highest BCUT2D eigenvalue weighted by molar-refractivity contribution is 6.19. The molecule has 4 aromatic heterocycles. The van der Waals surface area contributed by atoms with Gasteiger partial charge in [-0.2, -0.15) is 0 Å². The van der Waals surface area contributed by atoms with E-state index in [0.717, 1.165) is 67.1 Å². The Morgan fingerprint density at radius 3 is 1.08 bits per heavy atom. The number of para-hydroxylation sites is 2. The van der Waals surface area contributed by atoms with E-state index in [4.69, 9.17) is 9.97 Å². The Hall–Kier alpha value is -8.60. The molecule has 0 aliphatic heterocycles. The van der Waals surface area contributed by atoms with E-state index >= 15 is 0 Å². The summed E-state index contributed by atoms with van der Waals surface area (Å²) in [6.45, 7) is 0. The summed E-state index contributed by atoms with van der Waals surface area (Å²) in [7, 11) is 0. The van der Waals surface area contributed by atoms with E-state index in [9.17, 15) is 0 Å². The second-order valence-corrected chi connectivity index (χ2v) is 16.7. The van der Waals surface area contributed by atoms with Gasteiger partial charge in [0.05, 0.1) is 33.5 Å². The summed E-state index contributed by atoms with van der Waals surface area (Å²) < 4.78 is 4.84. The molecule has 64 heavy (non-hydrogen) atoms. The van der Waals surface area contributed by atoms with Crippen LogP contribution < -0.4 is 0 Å². The van der Waals surface area contributed by atoms with Crippen molar-refractivity contribution in [2.24, 2.45) is 0 Å². The predicted molar refractivity (Wildman–Crippen MR) is 267 cm³/mol. The number of nitrogens with zero attached hydrogens (tertiary/aromatic N) is 4. The first-order valence-electron chi connectivity index (χ1n) is 21.8. The van der Waals surface area contributed by atoms with Crippen LogP contribution in [0.3, 0.4) is 0 Å². The molecular weight excluding hydrogens is 777 g/mol. The van der Waals surface area contributed by atoms with Crippen LogP contribution in [0.4, 0.5) is 0 Å². The predicted octanol–water partition coefficient (Wildman–Crippen LogP) is 15.6. The molecule has 298 valence electrons. The Bertz CT molecular complexity index is 3690. The summed E-state index contributed by atoms with van der Waals surface area (Å²) in [5.41, 5.74) is 15.5. The molecule has 9 aromatic carbocycles. The molecule has 0 unspecified atom stereocenters. The molecule has 13 aromatic rings. The number of fused-ring (bicyclic) bond motifs is 8. The monoisotopic (exact) mass is 814 g/mol. The van der Waals surface area contributed by atoms with E-state index in [0.29, 0.717) is 0 Å². The van der Waals surface area contributed by atoms with E-state index in [1.165, 1.54) is 54.2 Å². The Labute approximate surface area is 369 Å². The van der Waals surface area contributed by atoms with Crippen LogP contribution in [0, 0.1) is 0 Å². The van der Waals surface area contributed by atoms with Crippen molar-refractivity contribution in [2.75, 3.05) is 0 Å². The highest BCUT2D eigenvalue weighted by atomic mass is 15.0. The molecular formula is C60H38N4. The van der Waals surface area contributed by atoms with Gasteiger partial charge in [0.15, 0.2) is 0 Å². The van der Waals surface area contributed by atoms with Crippen LogP contribution in [0.1, 0.15) is 0 Å². The minimum Gasteiger partial charge on any atom is -0.309 e. The van der Waals surface area contributed by atoms with Crippen molar-refractivity contribution in [3.63, 3.8) is 0 Å². The van der Waals surface area contributed by atoms with Crippen molar-refractivity contribution in [3.05, 3.63) is 231 Å². The van der Waals surface area contributed by atoms with Gasteiger partial charge >= 0.3 is 0 Å². The van der Waals surface area contributed by atoms with Gasteiger partial charge in [0, 0.05) is 56.4 Å². The van der Waals surface area contributed by atoms with E-state index in [1.807, 2.05) is 12.4 Å². The fourth-order valence-corrected chi connectivity index (χ4v) is 9.83. The van der Waals surface area contributed by atoms with Gasteiger partial charge in [-0.05, 0) is 129 Å². The van der Waals surface area contributed by atoms with Crippen LogP contribution in [0.15, 0.2) is 231 Å². The third-order valence-electron chi connectivity index (χ3n) is 13.0. The maximum absolute atomic E-state index is 4.92. The second kappa shape index (κ2) is 14.5. The molecule has 0 fully saturated rings. The zero-order chi connectivity index (χ0) is 42.1. The van der Waals surface area contributed by atoms with E-state index in [2.05, 4.69) is 228 Å². The first kappa shape index (κ1) is 36.1. The normalized spacial score (nSPS) is 11.8. The van der Waals surface area contributed by atoms with Crippen molar-refractivity contribution < 1.29 is 0 Å². The van der Waals surface area contributed by atoms with Gasteiger partial charge in [-0.3, -0.25) is 9.97 Å². The lowest BCUT2D eigenvalue weighted by Crippen LogP contribution is -1.95. The van der Waals surface area contributed by atoms with Crippen LogP contribution in [0.25, 0.3) is 121 Å². The van der Waals surface area contributed by atoms with Crippen molar-refractivity contribution in [1.82, 2.24) is 19.1 Å². The van der Waals surface area contributed by atoms with Crippen molar-refractivity contribution >= 4 is 65.2 Å². The van der Waals surface area contributed by atoms with Crippen LogP contribution in [-0.4, -0.2) is 19.1 Å². The zero-order valence-corrected chi connectivity index (χ0v) is 34.7. The summed E-state index contributed by atoms with van der Waals surface area (Å²) in [5, 5.41) is 9.71. The van der Waals surface area contributed by atoms with E-state index < -0.39 is 0 Å². The Balaban J connectivity index is 0.991. The SMILES string of the molecule is c1ccc(-n2c3cc(-c4cc(-c5ccc6ccccc6c5)ccn4)ccc3c3cc4c(cc32)c2ccc(-c3cc(-c5ccc6ccccc6c5)ccn3)cc2n4-c2ccccc2)cc1. The molecule has 4 heteroatoms. The number of hydrogen-bond donors (Lipinski definition) is 0. The van der Waals surface area contributed by atoms with Crippen LogP contribution in [0.5, 0.6) is 0 Å². The molecule has 0 saturated heterocycles. The van der Waals surface area contributed by atoms with Gasteiger partial charge in [-0.25, -0.2) is 0 Å². The van der Waals surface area contributed by atoms with Crippen molar-refractivity contribution in [3.8, 4) is 56.1 Å². The summed E-state index contributed by atoms with van der Waals surface area (Å²) in [6, 6.07) is 78.9. The first-order chi connectivity index (χ1) is 31.7. The highest BCUT2D eigenvalue weighted by Crippen LogP contribution is 2.42. The summed E-state index contributed by atoms with van der Waals surface area (Å²) in [5.74, 6) is 0. The fraction of sp³-hybridized carbons (Fsp3) is 0. The average Bonchev–Trinajstić information content (AvgIpc) is 3.86. The molecule has 0 N–H and O–H groups in total. The minimum atomic E-state index is 0.942. The lowest BCUT2D eigenvalue weighted by Gasteiger charge is -2.10. The molecule has 0 amide bonds. The number of rotatable bonds is 6. The first-order valence-corrected chi connectivity index (χ1v) is 21.8. The van der Waals surface area contributed by atoms with Gasteiger partial charge in [0.25, 0.3) is 0 Å². The van der Waals surface area contributed by atoms with E-state index in [1.54, 1.807) is 0 Å². The van der Waals surface area contributed by atoms with Crippen molar-refractivity contribution in [2.45, 2.75) is 0 Å². The van der Waals surface area contributed by atoms with Gasteiger partial charge in [0.2, 0.25) is 0 Å². The minimum absolute atomic E-state index is 0.942. The number of hydrogen-bond acceptors (Lipinski definition) is 2. The van der Waals surface area contributed by atoms with Gasteiger partial charge < -0.3 is 9.13 Å². The van der Waals surface area contributed by atoms with Crippen molar-refractivity contribution in [1.29, 1.82) is 0 Å².